The molecule has 0 bridgehead atoms. The zero-order valence-corrected chi connectivity index (χ0v) is 12.1. The second-order valence-electron chi connectivity index (χ2n) is 5.95. The number of rotatable bonds is 3. The van der Waals surface area contributed by atoms with E-state index in [0.717, 1.165) is 11.4 Å². The minimum absolute atomic E-state index is 0.200. The van der Waals surface area contributed by atoms with Crippen molar-refractivity contribution in [3.63, 3.8) is 0 Å². The van der Waals surface area contributed by atoms with E-state index in [0.29, 0.717) is 0 Å². The molecule has 0 aliphatic carbocycles. The second kappa shape index (κ2) is 5.43. The number of anilines is 1. The van der Waals surface area contributed by atoms with E-state index >= 15 is 0 Å². The first-order valence-electron chi connectivity index (χ1n) is 6.75. The zero-order valence-electron chi connectivity index (χ0n) is 12.1. The molecule has 0 aliphatic rings. The minimum atomic E-state index is 0.200. The van der Waals surface area contributed by atoms with Gasteiger partial charge in [-0.25, -0.2) is 0 Å². The second-order valence-corrected chi connectivity index (χ2v) is 5.95. The predicted octanol–water partition coefficient (Wildman–Crippen LogP) is 4.55. The van der Waals surface area contributed by atoms with Gasteiger partial charge in [-0.3, -0.25) is 4.98 Å². The van der Waals surface area contributed by atoms with Crippen molar-refractivity contribution in [1.82, 2.24) is 4.98 Å². The summed E-state index contributed by atoms with van der Waals surface area (Å²) in [6.45, 7) is 8.81. The molecule has 0 saturated carbocycles. The summed E-state index contributed by atoms with van der Waals surface area (Å²) in [6, 6.07) is 14.9. The normalized spacial score (nSPS) is 13.1. The standard InChI is InChI=1S/C17H22N2/c1-13(16-7-5-6-12-18-16)19-15-10-8-14(9-11-15)17(2,3)4/h5-13,19H,1-4H3. The van der Waals surface area contributed by atoms with Crippen molar-refractivity contribution in [2.45, 2.75) is 39.2 Å². The van der Waals surface area contributed by atoms with Crippen LogP contribution in [0.15, 0.2) is 48.7 Å². The first-order chi connectivity index (χ1) is 8.97. The molecule has 1 atom stereocenters. The van der Waals surface area contributed by atoms with Gasteiger partial charge in [-0.05, 0) is 42.2 Å². The van der Waals surface area contributed by atoms with Crippen molar-refractivity contribution in [2.24, 2.45) is 0 Å². The van der Waals surface area contributed by atoms with Crippen LogP contribution < -0.4 is 5.32 Å². The molecule has 2 nitrogen and oxygen atoms in total. The largest absolute Gasteiger partial charge is 0.377 e. The highest BCUT2D eigenvalue weighted by Gasteiger charge is 2.13. The molecule has 0 spiro atoms. The zero-order chi connectivity index (χ0) is 13.9. The van der Waals surface area contributed by atoms with Crippen LogP contribution in [0.5, 0.6) is 0 Å². The van der Waals surface area contributed by atoms with E-state index in [1.807, 2.05) is 24.4 Å². The summed E-state index contributed by atoms with van der Waals surface area (Å²) in [5.74, 6) is 0. The van der Waals surface area contributed by atoms with E-state index in [1.54, 1.807) is 0 Å². The fraction of sp³-hybridized carbons (Fsp3) is 0.353. The molecule has 2 heteroatoms. The summed E-state index contributed by atoms with van der Waals surface area (Å²) in [5.41, 5.74) is 3.74. The Morgan fingerprint density at radius 3 is 2.21 bits per heavy atom. The Labute approximate surface area is 115 Å². The number of nitrogens with one attached hydrogen (secondary N) is 1. The number of aromatic nitrogens is 1. The lowest BCUT2D eigenvalue weighted by Crippen LogP contribution is -2.11. The van der Waals surface area contributed by atoms with Gasteiger partial charge < -0.3 is 5.32 Å². The van der Waals surface area contributed by atoms with Crippen molar-refractivity contribution in [3.8, 4) is 0 Å². The van der Waals surface area contributed by atoms with Crippen LogP contribution in [0.4, 0.5) is 5.69 Å². The molecule has 2 rings (SSSR count). The predicted molar refractivity (Wildman–Crippen MR) is 81.4 cm³/mol. The lowest BCUT2D eigenvalue weighted by molar-refractivity contribution is 0.590. The van der Waals surface area contributed by atoms with Crippen molar-refractivity contribution >= 4 is 5.69 Å². The third-order valence-electron chi connectivity index (χ3n) is 3.27. The van der Waals surface area contributed by atoms with Gasteiger partial charge in [0.1, 0.15) is 0 Å². The van der Waals surface area contributed by atoms with E-state index in [2.05, 4.69) is 62.3 Å². The average molecular weight is 254 g/mol. The van der Waals surface area contributed by atoms with Crippen LogP contribution in [0.3, 0.4) is 0 Å². The summed E-state index contributed by atoms with van der Waals surface area (Å²) >= 11 is 0. The van der Waals surface area contributed by atoms with Gasteiger partial charge in [0.05, 0.1) is 11.7 Å². The van der Waals surface area contributed by atoms with E-state index < -0.39 is 0 Å². The Kier molecular flexibility index (Phi) is 3.89. The monoisotopic (exact) mass is 254 g/mol. The molecular formula is C17H22N2. The van der Waals surface area contributed by atoms with Crippen LogP contribution in [0.1, 0.15) is 45.0 Å². The van der Waals surface area contributed by atoms with Gasteiger partial charge in [0.25, 0.3) is 0 Å². The fourth-order valence-corrected chi connectivity index (χ4v) is 2.02. The summed E-state index contributed by atoms with van der Waals surface area (Å²) in [6.07, 6.45) is 1.83. The quantitative estimate of drug-likeness (QED) is 0.869. The molecule has 0 radical (unpaired) electrons. The summed E-state index contributed by atoms with van der Waals surface area (Å²) in [4.78, 5) is 4.37. The van der Waals surface area contributed by atoms with Crippen molar-refractivity contribution in [1.29, 1.82) is 0 Å². The fourth-order valence-electron chi connectivity index (χ4n) is 2.02. The van der Waals surface area contributed by atoms with Crippen molar-refractivity contribution < 1.29 is 0 Å². The van der Waals surface area contributed by atoms with Gasteiger partial charge in [0.15, 0.2) is 0 Å². The smallest absolute Gasteiger partial charge is 0.0657 e. The highest BCUT2D eigenvalue weighted by atomic mass is 14.9. The molecule has 1 N–H and O–H groups in total. The van der Waals surface area contributed by atoms with Gasteiger partial charge in [-0.15, -0.1) is 0 Å². The maximum Gasteiger partial charge on any atom is 0.0657 e. The topological polar surface area (TPSA) is 24.9 Å². The van der Waals surface area contributed by atoms with Crippen LogP contribution in [-0.2, 0) is 5.41 Å². The average Bonchev–Trinajstić information content (AvgIpc) is 2.39. The highest BCUT2D eigenvalue weighted by molar-refractivity contribution is 5.47. The number of benzene rings is 1. The van der Waals surface area contributed by atoms with Crippen molar-refractivity contribution in [3.05, 3.63) is 59.9 Å². The Balaban J connectivity index is 2.08. The lowest BCUT2D eigenvalue weighted by Gasteiger charge is -2.20. The maximum atomic E-state index is 4.37. The SMILES string of the molecule is CC(Nc1ccc(C(C)(C)C)cc1)c1ccccn1. The molecule has 0 amide bonds. The first kappa shape index (κ1) is 13.6. The molecule has 100 valence electrons. The summed E-state index contributed by atoms with van der Waals surface area (Å²) in [7, 11) is 0. The van der Waals surface area contributed by atoms with Crippen LogP contribution in [0, 0.1) is 0 Å². The number of pyridine rings is 1. The van der Waals surface area contributed by atoms with Gasteiger partial charge in [-0.1, -0.05) is 39.0 Å². The Bertz CT molecular complexity index is 509. The molecule has 0 fully saturated rings. The molecule has 1 heterocycles. The summed E-state index contributed by atoms with van der Waals surface area (Å²) in [5, 5.41) is 3.47. The van der Waals surface area contributed by atoms with Crippen LogP contribution in [0.25, 0.3) is 0 Å². The van der Waals surface area contributed by atoms with E-state index in [1.165, 1.54) is 5.56 Å². The molecule has 19 heavy (non-hydrogen) atoms. The molecule has 1 aromatic heterocycles. The first-order valence-corrected chi connectivity index (χ1v) is 6.75. The molecule has 0 saturated heterocycles. The summed E-state index contributed by atoms with van der Waals surface area (Å²) < 4.78 is 0. The number of hydrogen-bond acceptors (Lipinski definition) is 2. The third-order valence-corrected chi connectivity index (χ3v) is 3.27. The number of nitrogens with zero attached hydrogens (tertiary/aromatic N) is 1. The lowest BCUT2D eigenvalue weighted by atomic mass is 9.87. The van der Waals surface area contributed by atoms with Crippen LogP contribution in [0.2, 0.25) is 0 Å². The van der Waals surface area contributed by atoms with Gasteiger partial charge in [0.2, 0.25) is 0 Å². The maximum absolute atomic E-state index is 4.37. The highest BCUT2D eigenvalue weighted by Crippen LogP contribution is 2.24. The van der Waals surface area contributed by atoms with E-state index in [-0.39, 0.29) is 11.5 Å². The van der Waals surface area contributed by atoms with Gasteiger partial charge in [0, 0.05) is 11.9 Å². The molecule has 0 aliphatic heterocycles. The molecule has 1 aromatic carbocycles. The van der Waals surface area contributed by atoms with Crippen LogP contribution in [-0.4, -0.2) is 4.98 Å². The Morgan fingerprint density at radius 1 is 1.00 bits per heavy atom. The molecule has 1 unspecified atom stereocenters. The van der Waals surface area contributed by atoms with Gasteiger partial charge in [-0.2, -0.15) is 0 Å². The number of hydrogen-bond donors (Lipinski definition) is 1. The van der Waals surface area contributed by atoms with E-state index in [4.69, 9.17) is 0 Å². The Morgan fingerprint density at radius 2 is 1.68 bits per heavy atom. The van der Waals surface area contributed by atoms with Crippen molar-refractivity contribution in [2.75, 3.05) is 5.32 Å². The van der Waals surface area contributed by atoms with Crippen LogP contribution >= 0.6 is 0 Å². The third kappa shape index (κ3) is 3.57. The minimum Gasteiger partial charge on any atom is -0.377 e. The Hall–Kier alpha value is -1.83. The molecular weight excluding hydrogens is 232 g/mol. The molecule has 2 aromatic rings. The van der Waals surface area contributed by atoms with E-state index in [9.17, 15) is 0 Å². The van der Waals surface area contributed by atoms with Gasteiger partial charge >= 0.3 is 0 Å².